The normalized spacial score (nSPS) is 11.4. The van der Waals surface area contributed by atoms with Gasteiger partial charge < -0.3 is 14.2 Å². The topological polar surface area (TPSA) is 51.2 Å². The van der Waals surface area contributed by atoms with Crippen molar-refractivity contribution in [1.82, 2.24) is 10.3 Å². The summed E-state index contributed by atoms with van der Waals surface area (Å²) >= 11 is 0. The zero-order valence-corrected chi connectivity index (χ0v) is 11.9. The van der Waals surface area contributed by atoms with Crippen molar-refractivity contribution < 1.29 is 8.83 Å². The minimum Gasteiger partial charge on any atom is -0.458 e. The molecule has 104 valence electrons. The number of aryl methyl sites for hydroxylation is 1. The summed E-state index contributed by atoms with van der Waals surface area (Å²) < 4.78 is 11.3. The van der Waals surface area contributed by atoms with E-state index in [1.807, 2.05) is 12.1 Å². The van der Waals surface area contributed by atoms with Crippen LogP contribution in [-0.2, 0) is 12.8 Å². The summed E-state index contributed by atoms with van der Waals surface area (Å²) in [5.41, 5.74) is 0. The molecule has 0 saturated carbocycles. The van der Waals surface area contributed by atoms with E-state index in [1.54, 1.807) is 6.20 Å². The van der Waals surface area contributed by atoms with Crippen molar-refractivity contribution in [2.45, 2.75) is 33.6 Å². The van der Waals surface area contributed by atoms with Gasteiger partial charge in [-0.3, -0.25) is 0 Å². The molecule has 2 aromatic rings. The van der Waals surface area contributed by atoms with Gasteiger partial charge >= 0.3 is 0 Å². The van der Waals surface area contributed by atoms with Crippen LogP contribution in [0.5, 0.6) is 0 Å². The zero-order valence-electron chi connectivity index (χ0n) is 11.9. The number of rotatable bonds is 7. The molecule has 1 N–H and O–H groups in total. The lowest BCUT2D eigenvalue weighted by Gasteiger charge is -2.05. The SMILES string of the molecule is CCc1ccc(-c2cnc(CCNCC(C)C)o2)o1. The Morgan fingerprint density at radius 1 is 1.21 bits per heavy atom. The second-order valence-corrected chi connectivity index (χ2v) is 5.09. The maximum Gasteiger partial charge on any atom is 0.196 e. The third kappa shape index (κ3) is 3.96. The molecule has 4 heteroatoms. The maximum absolute atomic E-state index is 5.69. The average Bonchev–Trinajstić information content (AvgIpc) is 3.02. The van der Waals surface area contributed by atoms with E-state index in [9.17, 15) is 0 Å². The van der Waals surface area contributed by atoms with E-state index in [4.69, 9.17) is 8.83 Å². The monoisotopic (exact) mass is 262 g/mol. The van der Waals surface area contributed by atoms with Gasteiger partial charge in [-0.15, -0.1) is 0 Å². The first-order valence-electron chi connectivity index (χ1n) is 6.93. The minimum absolute atomic E-state index is 0.663. The maximum atomic E-state index is 5.69. The van der Waals surface area contributed by atoms with Crippen molar-refractivity contribution in [3.63, 3.8) is 0 Å². The van der Waals surface area contributed by atoms with Crippen molar-refractivity contribution in [3.05, 3.63) is 30.0 Å². The second-order valence-electron chi connectivity index (χ2n) is 5.09. The average molecular weight is 262 g/mol. The minimum atomic E-state index is 0.663. The summed E-state index contributed by atoms with van der Waals surface area (Å²) in [6, 6.07) is 3.90. The van der Waals surface area contributed by atoms with Gasteiger partial charge in [0.05, 0.1) is 6.20 Å². The van der Waals surface area contributed by atoms with Crippen molar-refractivity contribution >= 4 is 0 Å². The van der Waals surface area contributed by atoms with Gasteiger partial charge in [0.25, 0.3) is 0 Å². The van der Waals surface area contributed by atoms with Crippen LogP contribution in [0, 0.1) is 5.92 Å². The van der Waals surface area contributed by atoms with E-state index in [0.717, 1.165) is 43.3 Å². The molecule has 19 heavy (non-hydrogen) atoms. The Morgan fingerprint density at radius 3 is 2.74 bits per heavy atom. The zero-order chi connectivity index (χ0) is 13.7. The third-order valence-corrected chi connectivity index (χ3v) is 2.87. The Labute approximate surface area is 114 Å². The molecule has 0 fully saturated rings. The molecule has 0 unspecified atom stereocenters. The third-order valence-electron chi connectivity index (χ3n) is 2.87. The molecular formula is C15H22N2O2. The van der Waals surface area contributed by atoms with Crippen LogP contribution in [0.25, 0.3) is 11.5 Å². The molecule has 0 amide bonds. The molecule has 0 aromatic carbocycles. The molecule has 0 radical (unpaired) electrons. The molecule has 2 rings (SSSR count). The Kier molecular flexibility index (Phi) is 4.80. The fourth-order valence-electron chi connectivity index (χ4n) is 1.83. The largest absolute Gasteiger partial charge is 0.458 e. The lowest BCUT2D eigenvalue weighted by atomic mass is 10.2. The number of nitrogens with zero attached hydrogens (tertiary/aromatic N) is 1. The van der Waals surface area contributed by atoms with Crippen LogP contribution in [0.2, 0.25) is 0 Å². The fourth-order valence-corrected chi connectivity index (χ4v) is 1.83. The molecule has 0 spiro atoms. The Hall–Kier alpha value is -1.55. The van der Waals surface area contributed by atoms with Gasteiger partial charge in [-0.1, -0.05) is 20.8 Å². The first-order chi connectivity index (χ1) is 9.19. The number of aromatic nitrogens is 1. The lowest BCUT2D eigenvalue weighted by molar-refractivity contribution is 0.460. The van der Waals surface area contributed by atoms with Gasteiger partial charge in [0.15, 0.2) is 17.4 Å². The van der Waals surface area contributed by atoms with E-state index in [-0.39, 0.29) is 0 Å². The van der Waals surface area contributed by atoms with Crippen LogP contribution in [0.4, 0.5) is 0 Å². The summed E-state index contributed by atoms with van der Waals surface area (Å²) in [5, 5.41) is 3.37. The molecule has 0 aliphatic carbocycles. The van der Waals surface area contributed by atoms with Gasteiger partial charge in [-0.05, 0) is 24.6 Å². The summed E-state index contributed by atoms with van der Waals surface area (Å²) in [5.74, 6) is 3.84. The van der Waals surface area contributed by atoms with E-state index in [2.05, 4.69) is 31.1 Å². The molecule has 0 atom stereocenters. The van der Waals surface area contributed by atoms with E-state index in [1.165, 1.54) is 0 Å². The number of hydrogen-bond acceptors (Lipinski definition) is 4. The summed E-state index contributed by atoms with van der Waals surface area (Å²) in [6.07, 6.45) is 3.42. The molecule has 2 heterocycles. The highest BCUT2D eigenvalue weighted by molar-refractivity contribution is 5.48. The smallest absolute Gasteiger partial charge is 0.196 e. The molecule has 0 saturated heterocycles. The Bertz CT molecular complexity index is 500. The van der Waals surface area contributed by atoms with Gasteiger partial charge in [-0.2, -0.15) is 0 Å². The van der Waals surface area contributed by atoms with Crippen LogP contribution < -0.4 is 5.32 Å². The first kappa shape index (κ1) is 13.9. The molecule has 0 aliphatic heterocycles. The summed E-state index contributed by atoms with van der Waals surface area (Å²) in [4.78, 5) is 4.28. The van der Waals surface area contributed by atoms with Crippen LogP contribution in [0.3, 0.4) is 0 Å². The number of oxazole rings is 1. The van der Waals surface area contributed by atoms with Crippen molar-refractivity contribution in [3.8, 4) is 11.5 Å². The lowest BCUT2D eigenvalue weighted by Crippen LogP contribution is -2.22. The van der Waals surface area contributed by atoms with Crippen LogP contribution in [0.1, 0.15) is 32.4 Å². The fraction of sp³-hybridized carbons (Fsp3) is 0.533. The standard InChI is InChI=1S/C15H22N2O2/c1-4-12-5-6-13(18-12)14-10-17-15(19-14)7-8-16-9-11(2)3/h5-6,10-11,16H,4,7-9H2,1-3H3. The van der Waals surface area contributed by atoms with Crippen molar-refractivity contribution in [1.29, 1.82) is 0 Å². The van der Waals surface area contributed by atoms with Gasteiger partial charge in [0.1, 0.15) is 5.76 Å². The van der Waals surface area contributed by atoms with E-state index < -0.39 is 0 Å². The molecule has 2 aromatic heterocycles. The highest BCUT2D eigenvalue weighted by Gasteiger charge is 2.10. The highest BCUT2D eigenvalue weighted by atomic mass is 16.4. The summed E-state index contributed by atoms with van der Waals surface area (Å²) in [7, 11) is 0. The molecular weight excluding hydrogens is 240 g/mol. The summed E-state index contributed by atoms with van der Waals surface area (Å²) in [6.45, 7) is 8.36. The first-order valence-corrected chi connectivity index (χ1v) is 6.93. The quantitative estimate of drug-likeness (QED) is 0.778. The van der Waals surface area contributed by atoms with Crippen molar-refractivity contribution in [2.24, 2.45) is 5.92 Å². The predicted octanol–water partition coefficient (Wildman–Crippen LogP) is 3.29. The molecule has 0 aliphatic rings. The predicted molar refractivity (Wildman–Crippen MR) is 75.0 cm³/mol. The number of nitrogens with one attached hydrogen (secondary N) is 1. The van der Waals surface area contributed by atoms with Crippen molar-refractivity contribution in [2.75, 3.05) is 13.1 Å². The highest BCUT2D eigenvalue weighted by Crippen LogP contribution is 2.23. The number of hydrogen-bond donors (Lipinski definition) is 1. The number of furan rings is 1. The molecule has 4 nitrogen and oxygen atoms in total. The van der Waals surface area contributed by atoms with E-state index >= 15 is 0 Å². The second kappa shape index (κ2) is 6.57. The molecule has 0 bridgehead atoms. The van der Waals surface area contributed by atoms with Gasteiger partial charge in [0, 0.05) is 19.4 Å². The Morgan fingerprint density at radius 2 is 2.05 bits per heavy atom. The van der Waals surface area contributed by atoms with Gasteiger partial charge in [0.2, 0.25) is 0 Å². The van der Waals surface area contributed by atoms with Crippen LogP contribution in [0.15, 0.2) is 27.2 Å². The van der Waals surface area contributed by atoms with Crippen LogP contribution >= 0.6 is 0 Å². The van der Waals surface area contributed by atoms with Gasteiger partial charge in [-0.25, -0.2) is 4.98 Å². The Balaban J connectivity index is 1.88. The van der Waals surface area contributed by atoms with Crippen LogP contribution in [-0.4, -0.2) is 18.1 Å². The van der Waals surface area contributed by atoms with E-state index in [0.29, 0.717) is 11.7 Å².